The van der Waals surface area contributed by atoms with E-state index in [1.54, 1.807) is 7.11 Å². The van der Waals surface area contributed by atoms with Gasteiger partial charge in [-0.3, -0.25) is 0 Å². The van der Waals surface area contributed by atoms with Crippen LogP contribution in [0.15, 0.2) is 12.4 Å². The summed E-state index contributed by atoms with van der Waals surface area (Å²) in [4.78, 5) is 8.68. The number of aromatic nitrogens is 3. The maximum Gasteiger partial charge on any atom is 0.316 e. The van der Waals surface area contributed by atoms with Gasteiger partial charge in [-0.2, -0.15) is 4.98 Å². The van der Waals surface area contributed by atoms with Gasteiger partial charge >= 0.3 is 6.01 Å². The average molecular weight is 246 g/mol. The van der Waals surface area contributed by atoms with Gasteiger partial charge in [0.2, 0.25) is 0 Å². The van der Waals surface area contributed by atoms with Crippen molar-refractivity contribution >= 4 is 11.0 Å². The molecule has 96 valence electrons. The lowest BCUT2D eigenvalue weighted by molar-refractivity contribution is 0.381. The van der Waals surface area contributed by atoms with Crippen molar-refractivity contribution in [3.05, 3.63) is 18.0 Å². The summed E-state index contributed by atoms with van der Waals surface area (Å²) in [6, 6.07) is 0.427. The van der Waals surface area contributed by atoms with Crippen LogP contribution in [0.2, 0.25) is 0 Å². The molecular formula is C13H18N4O. The van der Waals surface area contributed by atoms with E-state index in [9.17, 15) is 0 Å². The van der Waals surface area contributed by atoms with Gasteiger partial charge in [-0.25, -0.2) is 4.98 Å². The number of methoxy groups -OCH3 is 1. The van der Waals surface area contributed by atoms with E-state index in [1.165, 1.54) is 12.0 Å². The highest BCUT2D eigenvalue weighted by molar-refractivity contribution is 5.80. The van der Waals surface area contributed by atoms with E-state index >= 15 is 0 Å². The van der Waals surface area contributed by atoms with Crippen LogP contribution in [0.25, 0.3) is 11.0 Å². The highest BCUT2D eigenvalue weighted by atomic mass is 16.5. The SMILES string of the molecule is COc1ncc2c(n1)c(C1(C)CCCN1)cn2C. The molecule has 5 heteroatoms. The van der Waals surface area contributed by atoms with Crippen molar-refractivity contribution in [1.29, 1.82) is 0 Å². The molecule has 0 aromatic carbocycles. The topological polar surface area (TPSA) is 52.0 Å². The molecule has 1 saturated heterocycles. The lowest BCUT2D eigenvalue weighted by Crippen LogP contribution is -2.33. The van der Waals surface area contributed by atoms with E-state index in [2.05, 4.69) is 33.0 Å². The highest BCUT2D eigenvalue weighted by Gasteiger charge is 2.33. The Labute approximate surface area is 106 Å². The minimum atomic E-state index is 0.0128. The summed E-state index contributed by atoms with van der Waals surface area (Å²) >= 11 is 0. The zero-order valence-electron chi connectivity index (χ0n) is 11.0. The van der Waals surface area contributed by atoms with Crippen LogP contribution in [-0.2, 0) is 12.6 Å². The summed E-state index contributed by atoms with van der Waals surface area (Å²) < 4.78 is 7.21. The van der Waals surface area contributed by atoms with Crippen LogP contribution < -0.4 is 10.1 Å². The molecule has 5 nitrogen and oxygen atoms in total. The number of fused-ring (bicyclic) bond motifs is 1. The maximum atomic E-state index is 5.13. The molecule has 0 bridgehead atoms. The molecule has 0 amide bonds. The Morgan fingerprint density at radius 2 is 2.33 bits per heavy atom. The first-order valence-corrected chi connectivity index (χ1v) is 6.25. The summed E-state index contributed by atoms with van der Waals surface area (Å²) in [6.07, 6.45) is 6.31. The molecule has 0 spiro atoms. The second kappa shape index (κ2) is 3.95. The van der Waals surface area contributed by atoms with Crippen LogP contribution in [0, 0.1) is 0 Å². The molecule has 1 aliphatic heterocycles. The Hall–Kier alpha value is -1.62. The molecule has 2 aromatic heterocycles. The predicted molar refractivity (Wildman–Crippen MR) is 69.6 cm³/mol. The van der Waals surface area contributed by atoms with Crippen LogP contribution in [-0.4, -0.2) is 28.2 Å². The van der Waals surface area contributed by atoms with E-state index in [-0.39, 0.29) is 5.54 Å². The van der Waals surface area contributed by atoms with E-state index in [0.717, 1.165) is 24.0 Å². The lowest BCUT2D eigenvalue weighted by Gasteiger charge is -2.23. The maximum absolute atomic E-state index is 5.13. The number of aryl methyl sites for hydroxylation is 1. The van der Waals surface area contributed by atoms with Gasteiger partial charge in [0.05, 0.1) is 18.8 Å². The van der Waals surface area contributed by atoms with E-state index in [1.807, 2.05) is 13.2 Å². The molecule has 1 atom stereocenters. The zero-order valence-corrected chi connectivity index (χ0v) is 11.0. The molecular weight excluding hydrogens is 228 g/mol. The third-order valence-electron chi connectivity index (χ3n) is 3.85. The van der Waals surface area contributed by atoms with Gasteiger partial charge in [0, 0.05) is 24.3 Å². The van der Waals surface area contributed by atoms with Crippen LogP contribution in [0.5, 0.6) is 6.01 Å². The van der Waals surface area contributed by atoms with E-state index in [4.69, 9.17) is 4.74 Å². The standard InChI is InChI=1S/C13H18N4O/c1-13(5-4-6-15-13)9-8-17(2)10-7-14-12(18-3)16-11(9)10/h7-8,15H,4-6H2,1-3H3. The molecule has 0 saturated carbocycles. The van der Waals surface area contributed by atoms with Gasteiger partial charge in [0.1, 0.15) is 5.52 Å². The smallest absolute Gasteiger partial charge is 0.316 e. The van der Waals surface area contributed by atoms with E-state index < -0.39 is 0 Å². The number of ether oxygens (including phenoxy) is 1. The summed E-state index contributed by atoms with van der Waals surface area (Å²) in [6.45, 7) is 3.30. The Kier molecular flexibility index (Phi) is 2.52. The van der Waals surface area contributed by atoms with Crippen molar-refractivity contribution in [3.63, 3.8) is 0 Å². The lowest BCUT2D eigenvalue weighted by atomic mass is 9.92. The molecule has 2 aromatic rings. The van der Waals surface area contributed by atoms with Gasteiger partial charge < -0.3 is 14.6 Å². The largest absolute Gasteiger partial charge is 0.467 e. The number of hydrogen-bond acceptors (Lipinski definition) is 4. The summed E-state index contributed by atoms with van der Waals surface area (Å²) in [5.74, 6) is 0. The zero-order chi connectivity index (χ0) is 12.8. The molecule has 0 radical (unpaired) electrons. The van der Waals surface area contributed by atoms with Crippen molar-refractivity contribution in [3.8, 4) is 6.01 Å². The first-order chi connectivity index (χ1) is 8.64. The number of nitrogens with one attached hydrogen (secondary N) is 1. The molecule has 1 fully saturated rings. The second-order valence-electron chi connectivity index (χ2n) is 5.11. The van der Waals surface area contributed by atoms with Gasteiger partial charge in [-0.15, -0.1) is 0 Å². The average Bonchev–Trinajstić information content (AvgIpc) is 2.95. The summed E-state index contributed by atoms with van der Waals surface area (Å²) in [5, 5.41) is 3.58. The molecule has 1 aliphatic rings. The number of nitrogens with zero attached hydrogens (tertiary/aromatic N) is 3. The van der Waals surface area contributed by atoms with Crippen molar-refractivity contribution in [2.75, 3.05) is 13.7 Å². The minimum Gasteiger partial charge on any atom is -0.467 e. The minimum absolute atomic E-state index is 0.0128. The Balaban J connectivity index is 2.22. The van der Waals surface area contributed by atoms with Crippen LogP contribution in [0.1, 0.15) is 25.3 Å². The third-order valence-corrected chi connectivity index (χ3v) is 3.85. The first-order valence-electron chi connectivity index (χ1n) is 6.25. The quantitative estimate of drug-likeness (QED) is 0.874. The molecule has 0 aliphatic carbocycles. The van der Waals surface area contributed by atoms with Crippen LogP contribution >= 0.6 is 0 Å². The summed E-state index contributed by atoms with van der Waals surface area (Å²) in [7, 11) is 3.62. The molecule has 3 heterocycles. The fourth-order valence-electron chi connectivity index (χ4n) is 2.77. The van der Waals surface area contributed by atoms with E-state index in [0.29, 0.717) is 6.01 Å². The molecule has 18 heavy (non-hydrogen) atoms. The first kappa shape index (κ1) is 11.5. The van der Waals surface area contributed by atoms with Crippen molar-refractivity contribution in [2.24, 2.45) is 7.05 Å². The van der Waals surface area contributed by atoms with Gasteiger partial charge in [-0.1, -0.05) is 0 Å². The summed E-state index contributed by atoms with van der Waals surface area (Å²) in [5.41, 5.74) is 3.28. The van der Waals surface area contributed by atoms with Crippen molar-refractivity contribution in [1.82, 2.24) is 19.9 Å². The van der Waals surface area contributed by atoms with Gasteiger partial charge in [-0.05, 0) is 26.3 Å². The monoisotopic (exact) mass is 246 g/mol. The normalized spacial score (nSPS) is 23.7. The Morgan fingerprint density at radius 1 is 1.50 bits per heavy atom. The number of rotatable bonds is 2. The molecule has 1 unspecified atom stereocenters. The fraction of sp³-hybridized carbons (Fsp3) is 0.538. The van der Waals surface area contributed by atoms with Crippen molar-refractivity contribution < 1.29 is 4.74 Å². The Morgan fingerprint density at radius 3 is 3.00 bits per heavy atom. The molecule has 3 rings (SSSR count). The Bertz CT molecular complexity index is 584. The second-order valence-corrected chi connectivity index (χ2v) is 5.11. The molecule has 1 N–H and O–H groups in total. The van der Waals surface area contributed by atoms with Gasteiger partial charge in [0.15, 0.2) is 0 Å². The fourth-order valence-corrected chi connectivity index (χ4v) is 2.77. The van der Waals surface area contributed by atoms with Gasteiger partial charge in [0.25, 0.3) is 0 Å². The highest BCUT2D eigenvalue weighted by Crippen LogP contribution is 2.35. The van der Waals surface area contributed by atoms with Crippen LogP contribution in [0.3, 0.4) is 0 Å². The predicted octanol–water partition coefficient (Wildman–Crippen LogP) is 1.58. The van der Waals surface area contributed by atoms with Crippen LogP contribution in [0.4, 0.5) is 0 Å². The third kappa shape index (κ3) is 1.58. The van der Waals surface area contributed by atoms with Crippen molar-refractivity contribution in [2.45, 2.75) is 25.3 Å². The number of hydrogen-bond donors (Lipinski definition) is 1.